The van der Waals surface area contributed by atoms with Crippen molar-refractivity contribution in [3.63, 3.8) is 0 Å². The average molecular weight is 429 g/mol. The van der Waals surface area contributed by atoms with Crippen LogP contribution in [0.1, 0.15) is 49.0 Å². The quantitative estimate of drug-likeness (QED) is 0.709. The van der Waals surface area contributed by atoms with Crippen LogP contribution >= 0.6 is 22.6 Å². The maximum Gasteiger partial charge on any atom is 0.259 e. The summed E-state index contributed by atoms with van der Waals surface area (Å²) in [4.78, 5) is 12.5. The van der Waals surface area contributed by atoms with Gasteiger partial charge in [0.2, 0.25) is 0 Å². The van der Waals surface area contributed by atoms with Gasteiger partial charge in [0.1, 0.15) is 9.52 Å². The molecule has 0 saturated carbocycles. The molecule has 124 valence electrons. The number of rotatable bonds is 5. The molecule has 0 aliphatic heterocycles. The lowest BCUT2D eigenvalue weighted by Crippen LogP contribution is -2.15. The van der Waals surface area contributed by atoms with Crippen LogP contribution in [0.2, 0.25) is 0 Å². The number of aromatic nitrogens is 2. The van der Waals surface area contributed by atoms with Crippen molar-refractivity contribution in [2.24, 2.45) is 13.0 Å². The molecule has 4 nitrogen and oxygen atoms in total. The fraction of sp³-hybridized carbons (Fsp3) is 0.412. The Morgan fingerprint density at radius 1 is 1.39 bits per heavy atom. The number of nitrogens with one attached hydrogen (secondary N) is 1. The first kappa shape index (κ1) is 17.9. The molecule has 1 aromatic heterocycles. The first-order chi connectivity index (χ1) is 10.8. The number of hydrogen-bond donors (Lipinski definition) is 1. The zero-order valence-corrected chi connectivity index (χ0v) is 15.9. The van der Waals surface area contributed by atoms with E-state index in [1.165, 1.54) is 12.1 Å². The highest BCUT2D eigenvalue weighted by molar-refractivity contribution is 14.1. The SMILES string of the molecule is CC(C)CC(C)c1cc(F)ccc1NC(=O)c1cn(C)nc1I. The Balaban J connectivity index is 2.29. The van der Waals surface area contributed by atoms with E-state index < -0.39 is 0 Å². The first-order valence-corrected chi connectivity index (χ1v) is 8.65. The Labute approximate surface area is 149 Å². The van der Waals surface area contributed by atoms with Crippen LogP contribution in [-0.4, -0.2) is 15.7 Å². The van der Waals surface area contributed by atoms with E-state index in [1.807, 2.05) is 22.6 Å². The molecule has 0 aliphatic rings. The largest absolute Gasteiger partial charge is 0.322 e. The molecule has 1 atom stereocenters. The van der Waals surface area contributed by atoms with E-state index in [2.05, 4.69) is 31.2 Å². The normalized spacial score (nSPS) is 12.5. The Hall–Kier alpha value is -1.44. The highest BCUT2D eigenvalue weighted by Gasteiger charge is 2.18. The van der Waals surface area contributed by atoms with Crippen LogP contribution in [0.25, 0.3) is 0 Å². The van der Waals surface area contributed by atoms with Gasteiger partial charge in [0.05, 0.1) is 5.56 Å². The number of hydrogen-bond acceptors (Lipinski definition) is 2. The summed E-state index contributed by atoms with van der Waals surface area (Å²) in [5.74, 6) is 0.140. The van der Waals surface area contributed by atoms with Gasteiger partial charge in [0.15, 0.2) is 0 Å². The molecule has 0 saturated heterocycles. The van der Waals surface area contributed by atoms with Crippen molar-refractivity contribution < 1.29 is 9.18 Å². The zero-order valence-electron chi connectivity index (χ0n) is 13.7. The third-order valence-corrected chi connectivity index (χ3v) is 4.44. The molecule has 1 heterocycles. The second kappa shape index (κ2) is 7.42. The summed E-state index contributed by atoms with van der Waals surface area (Å²) < 4.78 is 15.9. The zero-order chi connectivity index (χ0) is 17.1. The summed E-state index contributed by atoms with van der Waals surface area (Å²) in [6.07, 6.45) is 2.61. The second-order valence-electron chi connectivity index (χ2n) is 6.22. The maximum absolute atomic E-state index is 13.6. The Kier molecular flexibility index (Phi) is 5.78. The van der Waals surface area contributed by atoms with E-state index in [-0.39, 0.29) is 17.6 Å². The van der Waals surface area contributed by atoms with E-state index >= 15 is 0 Å². The number of nitrogens with zero attached hydrogens (tertiary/aromatic N) is 2. The number of carbonyl (C=O) groups excluding carboxylic acids is 1. The highest BCUT2D eigenvalue weighted by atomic mass is 127. The van der Waals surface area contributed by atoms with Gasteiger partial charge in [-0.25, -0.2) is 4.39 Å². The van der Waals surface area contributed by atoms with Gasteiger partial charge in [-0.1, -0.05) is 20.8 Å². The molecule has 1 N–H and O–H groups in total. The van der Waals surface area contributed by atoms with Crippen LogP contribution in [0.5, 0.6) is 0 Å². The topological polar surface area (TPSA) is 46.9 Å². The molecule has 0 radical (unpaired) electrons. The summed E-state index contributed by atoms with van der Waals surface area (Å²) in [5.41, 5.74) is 2.00. The molecule has 2 rings (SSSR count). The number of halogens is 2. The molecular weight excluding hydrogens is 408 g/mol. The molecule has 0 aliphatic carbocycles. The Bertz CT molecular complexity index is 712. The van der Waals surface area contributed by atoms with Crippen molar-refractivity contribution >= 4 is 34.2 Å². The van der Waals surface area contributed by atoms with Gasteiger partial charge < -0.3 is 5.32 Å². The molecule has 2 aromatic rings. The van der Waals surface area contributed by atoms with Crippen molar-refractivity contribution in [1.29, 1.82) is 0 Å². The molecule has 0 bridgehead atoms. The third-order valence-electron chi connectivity index (χ3n) is 3.65. The second-order valence-corrected chi connectivity index (χ2v) is 7.25. The third kappa shape index (κ3) is 4.53. The smallest absolute Gasteiger partial charge is 0.259 e. The summed E-state index contributed by atoms with van der Waals surface area (Å²) in [7, 11) is 1.77. The predicted octanol–water partition coefficient (Wildman–Crippen LogP) is 4.57. The lowest BCUT2D eigenvalue weighted by molar-refractivity contribution is 0.102. The Morgan fingerprint density at radius 2 is 2.09 bits per heavy atom. The molecule has 6 heteroatoms. The fourth-order valence-corrected chi connectivity index (χ4v) is 3.42. The predicted molar refractivity (Wildman–Crippen MR) is 98.1 cm³/mol. The lowest BCUT2D eigenvalue weighted by atomic mass is 9.90. The molecule has 23 heavy (non-hydrogen) atoms. The van der Waals surface area contributed by atoms with Crippen LogP contribution in [-0.2, 0) is 7.05 Å². The van der Waals surface area contributed by atoms with Crippen LogP contribution in [0.4, 0.5) is 10.1 Å². The fourth-order valence-electron chi connectivity index (χ4n) is 2.69. The molecule has 1 amide bonds. The summed E-state index contributed by atoms with van der Waals surface area (Å²) in [6, 6.07) is 4.51. The van der Waals surface area contributed by atoms with Crippen LogP contribution in [0.3, 0.4) is 0 Å². The highest BCUT2D eigenvalue weighted by Crippen LogP contribution is 2.30. The van der Waals surface area contributed by atoms with Crippen molar-refractivity contribution in [2.75, 3.05) is 5.32 Å². The standard InChI is InChI=1S/C17H21FIN3O/c1-10(2)7-11(3)13-8-12(18)5-6-15(13)20-17(23)14-9-22(4)21-16(14)19/h5-6,8-11H,7H2,1-4H3,(H,20,23). The monoisotopic (exact) mass is 429 g/mol. The van der Waals surface area contributed by atoms with Crippen LogP contribution in [0, 0.1) is 15.4 Å². The van der Waals surface area contributed by atoms with E-state index in [0.29, 0.717) is 20.9 Å². The van der Waals surface area contributed by atoms with Crippen molar-refractivity contribution in [1.82, 2.24) is 9.78 Å². The van der Waals surface area contributed by atoms with Gasteiger partial charge >= 0.3 is 0 Å². The van der Waals surface area contributed by atoms with Gasteiger partial charge in [-0.05, 0) is 64.6 Å². The molecule has 1 unspecified atom stereocenters. The van der Waals surface area contributed by atoms with E-state index in [9.17, 15) is 9.18 Å². The lowest BCUT2D eigenvalue weighted by Gasteiger charge is -2.19. The van der Waals surface area contributed by atoms with Crippen LogP contribution in [0.15, 0.2) is 24.4 Å². The van der Waals surface area contributed by atoms with E-state index in [4.69, 9.17) is 0 Å². The molecule has 1 aromatic carbocycles. The van der Waals surface area contributed by atoms with Crippen molar-refractivity contribution in [2.45, 2.75) is 33.1 Å². The van der Waals surface area contributed by atoms with E-state index in [0.717, 1.165) is 12.0 Å². The number of carbonyl (C=O) groups is 1. The minimum Gasteiger partial charge on any atom is -0.322 e. The van der Waals surface area contributed by atoms with Gasteiger partial charge in [0.25, 0.3) is 5.91 Å². The molecule has 0 spiro atoms. The van der Waals surface area contributed by atoms with Crippen molar-refractivity contribution in [3.8, 4) is 0 Å². The number of amides is 1. The average Bonchev–Trinajstić information content (AvgIpc) is 2.79. The number of aryl methyl sites for hydroxylation is 1. The van der Waals surface area contributed by atoms with Gasteiger partial charge in [0, 0.05) is 18.9 Å². The van der Waals surface area contributed by atoms with Gasteiger partial charge in [-0.2, -0.15) is 5.10 Å². The summed E-state index contributed by atoms with van der Waals surface area (Å²) in [5, 5.41) is 7.07. The minimum absolute atomic E-state index is 0.161. The number of benzene rings is 1. The maximum atomic E-state index is 13.6. The van der Waals surface area contributed by atoms with Crippen molar-refractivity contribution in [3.05, 3.63) is 45.0 Å². The first-order valence-electron chi connectivity index (χ1n) is 7.58. The van der Waals surface area contributed by atoms with Gasteiger partial charge in [-0.3, -0.25) is 9.48 Å². The molecular formula is C17H21FIN3O. The van der Waals surface area contributed by atoms with Gasteiger partial charge in [-0.15, -0.1) is 0 Å². The summed E-state index contributed by atoms with van der Waals surface area (Å²) in [6.45, 7) is 6.32. The van der Waals surface area contributed by atoms with E-state index in [1.54, 1.807) is 24.0 Å². The minimum atomic E-state index is -0.287. The number of anilines is 1. The van der Waals surface area contributed by atoms with Crippen LogP contribution < -0.4 is 5.32 Å². The summed E-state index contributed by atoms with van der Waals surface area (Å²) >= 11 is 2.03. The Morgan fingerprint density at radius 3 is 2.65 bits per heavy atom. The molecule has 0 fully saturated rings.